The third-order valence-corrected chi connectivity index (χ3v) is 6.71. The van der Waals surface area contributed by atoms with Crippen molar-refractivity contribution in [1.29, 1.82) is 0 Å². The lowest BCUT2D eigenvalue weighted by Gasteiger charge is -2.27. The number of nitrogens with zero attached hydrogens (tertiary/aromatic N) is 1. The van der Waals surface area contributed by atoms with Crippen molar-refractivity contribution in [3.8, 4) is 0 Å². The Labute approximate surface area is 126 Å². The van der Waals surface area contributed by atoms with Crippen LogP contribution < -0.4 is 5.32 Å². The molecular weight excluding hydrogens is 288 g/mol. The highest BCUT2D eigenvalue weighted by molar-refractivity contribution is 7.89. The first kappa shape index (κ1) is 15.0. The molecule has 0 bridgehead atoms. The van der Waals surface area contributed by atoms with Crippen LogP contribution in [0.25, 0.3) is 0 Å². The van der Waals surface area contributed by atoms with Gasteiger partial charge in [-0.1, -0.05) is 19.1 Å². The Morgan fingerprint density at radius 1 is 1.43 bits per heavy atom. The zero-order chi connectivity index (χ0) is 15.0. The minimum atomic E-state index is -3.53. The summed E-state index contributed by atoms with van der Waals surface area (Å²) in [7, 11) is -3.53. The normalized spacial score (nSPS) is 26.8. The van der Waals surface area contributed by atoms with E-state index in [2.05, 4.69) is 5.32 Å². The zero-order valence-corrected chi connectivity index (χ0v) is 13.1. The lowest BCUT2D eigenvalue weighted by Crippen LogP contribution is -2.40. The Balaban J connectivity index is 2.03. The summed E-state index contributed by atoms with van der Waals surface area (Å²) in [5.41, 5.74) is 2.00. The van der Waals surface area contributed by atoms with Crippen LogP contribution >= 0.6 is 0 Å². The number of sulfonamides is 1. The Morgan fingerprint density at radius 3 is 3.00 bits per heavy atom. The molecule has 1 fully saturated rings. The summed E-state index contributed by atoms with van der Waals surface area (Å²) in [5.74, 6) is 0.200. The van der Waals surface area contributed by atoms with Gasteiger partial charge in [0.15, 0.2) is 0 Å². The molecule has 0 saturated carbocycles. The van der Waals surface area contributed by atoms with Crippen molar-refractivity contribution in [3.63, 3.8) is 0 Å². The van der Waals surface area contributed by atoms with Gasteiger partial charge in [-0.15, -0.1) is 0 Å². The van der Waals surface area contributed by atoms with E-state index in [4.69, 9.17) is 0 Å². The van der Waals surface area contributed by atoms with Gasteiger partial charge in [0.1, 0.15) is 0 Å². The molecule has 116 valence electrons. The Bertz CT molecular complexity index is 630. The van der Waals surface area contributed by atoms with Crippen molar-refractivity contribution in [3.05, 3.63) is 29.3 Å². The van der Waals surface area contributed by atoms with E-state index in [0.29, 0.717) is 11.4 Å². The highest BCUT2D eigenvalue weighted by atomic mass is 32.2. The molecule has 0 aromatic heterocycles. The van der Waals surface area contributed by atoms with Gasteiger partial charge in [0.05, 0.1) is 17.5 Å². The molecule has 0 amide bonds. The minimum Gasteiger partial charge on any atom is -0.395 e. The van der Waals surface area contributed by atoms with Gasteiger partial charge < -0.3 is 10.4 Å². The quantitative estimate of drug-likeness (QED) is 0.863. The molecule has 6 heteroatoms. The van der Waals surface area contributed by atoms with Crippen molar-refractivity contribution in [2.45, 2.75) is 37.2 Å². The predicted octanol–water partition coefficient (Wildman–Crippen LogP) is 0.724. The molecule has 2 N–H and O–H groups in total. The molecule has 0 spiro atoms. The van der Waals surface area contributed by atoms with Gasteiger partial charge in [-0.2, -0.15) is 4.31 Å². The topological polar surface area (TPSA) is 69.6 Å². The van der Waals surface area contributed by atoms with E-state index in [9.17, 15) is 13.5 Å². The summed E-state index contributed by atoms with van der Waals surface area (Å²) >= 11 is 0. The van der Waals surface area contributed by atoms with Crippen LogP contribution in [0, 0.1) is 5.92 Å². The third kappa shape index (κ3) is 2.50. The maximum atomic E-state index is 13.0. The van der Waals surface area contributed by atoms with Crippen molar-refractivity contribution >= 4 is 10.0 Å². The Morgan fingerprint density at radius 2 is 2.24 bits per heavy atom. The summed E-state index contributed by atoms with van der Waals surface area (Å²) in [6, 6.07) is 5.20. The van der Waals surface area contributed by atoms with Gasteiger partial charge in [-0.3, -0.25) is 0 Å². The predicted molar refractivity (Wildman–Crippen MR) is 80.4 cm³/mol. The highest BCUT2D eigenvalue weighted by Crippen LogP contribution is 2.32. The Kier molecular flexibility index (Phi) is 4.05. The molecule has 5 nitrogen and oxygen atoms in total. The first-order valence-electron chi connectivity index (χ1n) is 7.50. The number of benzene rings is 1. The largest absolute Gasteiger partial charge is 0.395 e. The number of rotatable bonds is 3. The molecule has 1 aromatic carbocycles. The first-order chi connectivity index (χ1) is 10.1. The molecule has 2 aliphatic rings. The molecule has 1 aromatic rings. The van der Waals surface area contributed by atoms with Crippen molar-refractivity contribution in [2.24, 2.45) is 5.92 Å². The molecule has 0 aliphatic carbocycles. The van der Waals surface area contributed by atoms with Crippen LogP contribution in [0.2, 0.25) is 0 Å². The molecule has 3 rings (SSSR count). The fourth-order valence-electron chi connectivity index (χ4n) is 3.41. The van der Waals surface area contributed by atoms with Crippen LogP contribution in [0.3, 0.4) is 0 Å². The van der Waals surface area contributed by atoms with Crippen LogP contribution in [0.4, 0.5) is 0 Å². The van der Waals surface area contributed by atoms with Crippen LogP contribution in [0.1, 0.15) is 24.5 Å². The second-order valence-corrected chi connectivity index (χ2v) is 7.81. The van der Waals surface area contributed by atoms with Gasteiger partial charge in [-0.25, -0.2) is 8.42 Å². The number of fused-ring (bicyclic) bond motifs is 1. The van der Waals surface area contributed by atoms with Gasteiger partial charge in [-0.05, 0) is 42.5 Å². The molecular formula is C15H22N2O3S. The van der Waals surface area contributed by atoms with E-state index in [1.165, 1.54) is 4.31 Å². The first-order valence-corrected chi connectivity index (χ1v) is 8.94. The number of hydrogen-bond acceptors (Lipinski definition) is 4. The van der Waals surface area contributed by atoms with Crippen molar-refractivity contribution in [2.75, 3.05) is 19.7 Å². The fraction of sp³-hybridized carbons (Fsp3) is 0.600. The van der Waals surface area contributed by atoms with Crippen LogP contribution in [-0.2, 0) is 23.0 Å². The second-order valence-electron chi connectivity index (χ2n) is 5.95. The van der Waals surface area contributed by atoms with Crippen molar-refractivity contribution < 1.29 is 13.5 Å². The number of hydrogen-bond donors (Lipinski definition) is 2. The highest BCUT2D eigenvalue weighted by Gasteiger charge is 2.40. The molecule has 2 heterocycles. The molecule has 2 atom stereocenters. The maximum Gasteiger partial charge on any atom is 0.243 e. The smallest absolute Gasteiger partial charge is 0.243 e. The van der Waals surface area contributed by atoms with E-state index in [0.717, 1.165) is 37.1 Å². The van der Waals surface area contributed by atoms with Gasteiger partial charge in [0.2, 0.25) is 10.0 Å². The monoisotopic (exact) mass is 310 g/mol. The van der Waals surface area contributed by atoms with Crippen LogP contribution in [0.5, 0.6) is 0 Å². The molecule has 21 heavy (non-hydrogen) atoms. The summed E-state index contributed by atoms with van der Waals surface area (Å²) in [5, 5.41) is 12.8. The summed E-state index contributed by atoms with van der Waals surface area (Å²) < 4.78 is 27.5. The van der Waals surface area contributed by atoms with Gasteiger partial charge >= 0.3 is 0 Å². The summed E-state index contributed by atoms with van der Waals surface area (Å²) in [4.78, 5) is 0.425. The third-order valence-electron chi connectivity index (χ3n) is 4.70. The summed E-state index contributed by atoms with van der Waals surface area (Å²) in [6.45, 7) is 3.91. The summed E-state index contributed by atoms with van der Waals surface area (Å²) in [6.07, 6.45) is 1.54. The zero-order valence-electron chi connectivity index (χ0n) is 12.2. The van der Waals surface area contributed by atoms with E-state index >= 15 is 0 Å². The standard InChI is InChI=1S/C15H22N2O3S/c1-11-6-8-17(14(11)10-18)21(19,20)15-4-2-3-12-9-16-7-5-13(12)15/h2-4,11,14,16,18H,5-10H2,1H3. The molecule has 0 radical (unpaired) electrons. The number of nitrogens with one attached hydrogen (secondary N) is 1. The number of aliphatic hydroxyl groups is 1. The average molecular weight is 310 g/mol. The molecule has 2 unspecified atom stereocenters. The average Bonchev–Trinajstić information content (AvgIpc) is 2.88. The van der Waals surface area contributed by atoms with E-state index in [-0.39, 0.29) is 18.6 Å². The maximum absolute atomic E-state index is 13.0. The van der Waals surface area contributed by atoms with Crippen molar-refractivity contribution in [1.82, 2.24) is 9.62 Å². The lowest BCUT2D eigenvalue weighted by atomic mass is 10.0. The lowest BCUT2D eigenvalue weighted by molar-refractivity contribution is 0.191. The van der Waals surface area contributed by atoms with Gasteiger partial charge in [0.25, 0.3) is 0 Å². The van der Waals surface area contributed by atoms with Gasteiger partial charge in [0, 0.05) is 13.1 Å². The van der Waals surface area contributed by atoms with E-state index < -0.39 is 10.0 Å². The minimum absolute atomic E-state index is 0.114. The van der Waals surface area contributed by atoms with E-state index in [1.807, 2.05) is 19.1 Å². The van der Waals surface area contributed by atoms with Crippen LogP contribution in [0.15, 0.2) is 23.1 Å². The van der Waals surface area contributed by atoms with E-state index in [1.54, 1.807) is 6.07 Å². The van der Waals surface area contributed by atoms with Crippen LogP contribution in [-0.4, -0.2) is 43.6 Å². The second kappa shape index (κ2) is 5.68. The fourth-order valence-corrected chi connectivity index (χ4v) is 5.43. The molecule has 1 saturated heterocycles. The SMILES string of the molecule is CC1CCN(S(=O)(=O)c2cccc3c2CCNC3)C1CO. The number of aliphatic hydroxyl groups excluding tert-OH is 1. The Hall–Kier alpha value is -0.950. The molecule has 2 aliphatic heterocycles.